The van der Waals surface area contributed by atoms with E-state index in [0.29, 0.717) is 15.6 Å². The molecule has 0 spiro atoms. The Kier molecular flexibility index (Phi) is 5.64. The summed E-state index contributed by atoms with van der Waals surface area (Å²) in [4.78, 5) is 26.1. The number of hydrogen-bond acceptors (Lipinski definition) is 3. The molecule has 0 aliphatic carbocycles. The molecule has 0 aliphatic heterocycles. The van der Waals surface area contributed by atoms with E-state index in [2.05, 4.69) is 4.84 Å². The van der Waals surface area contributed by atoms with Crippen LogP contribution in [0.15, 0.2) is 24.3 Å². The molecule has 3 N–H and O–H groups in total. The summed E-state index contributed by atoms with van der Waals surface area (Å²) in [6, 6.07) is 5.04. The van der Waals surface area contributed by atoms with Gasteiger partial charge in [-0.2, -0.15) is 0 Å². The van der Waals surface area contributed by atoms with Crippen molar-refractivity contribution in [1.29, 1.82) is 0 Å². The van der Waals surface area contributed by atoms with Crippen LogP contribution in [0.4, 0.5) is 0 Å². The fraction of sp³-hybridized carbons (Fsp3) is 0.0909. The van der Waals surface area contributed by atoms with Crippen molar-refractivity contribution in [1.82, 2.24) is 5.48 Å². The van der Waals surface area contributed by atoms with Gasteiger partial charge in [0.05, 0.1) is 10.0 Å². The number of hydroxylamine groups is 1. The third-order valence-corrected chi connectivity index (χ3v) is 2.62. The van der Waals surface area contributed by atoms with E-state index in [-0.39, 0.29) is 0 Å². The summed E-state index contributed by atoms with van der Waals surface area (Å²) in [5, 5.41) is 0.741. The lowest BCUT2D eigenvalue weighted by molar-refractivity contribution is -0.134. The Morgan fingerprint density at radius 1 is 1.39 bits per heavy atom. The van der Waals surface area contributed by atoms with E-state index in [1.807, 2.05) is 5.48 Å². The number of amides is 2. The summed E-state index contributed by atoms with van der Waals surface area (Å²) in [6.07, 6.45) is 2.66. The summed E-state index contributed by atoms with van der Waals surface area (Å²) in [5.41, 5.74) is 7.42. The molecule has 0 unspecified atom stereocenters. The average Bonchev–Trinajstić information content (AvgIpc) is 2.30. The Labute approximate surface area is 113 Å². The molecule has 7 heteroatoms. The SMILES string of the molecule is NC(=O)CONC(=O)/C=C/c1cccc(Cl)c1Cl. The lowest BCUT2D eigenvalue weighted by Gasteiger charge is -2.01. The molecule has 0 radical (unpaired) electrons. The minimum Gasteiger partial charge on any atom is -0.368 e. The van der Waals surface area contributed by atoms with Crippen molar-refractivity contribution in [3.63, 3.8) is 0 Å². The summed E-state index contributed by atoms with van der Waals surface area (Å²) in [6.45, 7) is -0.391. The number of nitrogens with one attached hydrogen (secondary N) is 1. The normalized spacial score (nSPS) is 10.6. The minimum absolute atomic E-state index is 0.348. The maximum Gasteiger partial charge on any atom is 0.267 e. The summed E-state index contributed by atoms with van der Waals surface area (Å²) in [5.74, 6) is -1.23. The molecule has 0 bridgehead atoms. The Bertz CT molecular complexity index is 489. The second-order valence-corrected chi connectivity index (χ2v) is 3.98. The van der Waals surface area contributed by atoms with Crippen molar-refractivity contribution < 1.29 is 14.4 Å². The predicted octanol–water partition coefficient (Wildman–Crippen LogP) is 1.54. The zero-order valence-corrected chi connectivity index (χ0v) is 10.7. The zero-order chi connectivity index (χ0) is 13.5. The molecule has 96 valence electrons. The third-order valence-electron chi connectivity index (χ3n) is 1.78. The van der Waals surface area contributed by atoms with Gasteiger partial charge in [0.25, 0.3) is 5.91 Å². The van der Waals surface area contributed by atoms with E-state index in [0.717, 1.165) is 0 Å². The summed E-state index contributed by atoms with van der Waals surface area (Å²) in [7, 11) is 0. The van der Waals surface area contributed by atoms with E-state index in [9.17, 15) is 9.59 Å². The first-order valence-corrected chi connectivity index (χ1v) is 5.58. The van der Waals surface area contributed by atoms with E-state index in [1.165, 1.54) is 12.2 Å². The van der Waals surface area contributed by atoms with E-state index >= 15 is 0 Å². The van der Waals surface area contributed by atoms with Gasteiger partial charge < -0.3 is 5.73 Å². The first kappa shape index (κ1) is 14.5. The minimum atomic E-state index is -0.683. The van der Waals surface area contributed by atoms with Gasteiger partial charge in [-0.25, -0.2) is 5.48 Å². The van der Waals surface area contributed by atoms with E-state index in [1.54, 1.807) is 18.2 Å². The predicted molar refractivity (Wildman–Crippen MR) is 68.8 cm³/mol. The van der Waals surface area contributed by atoms with E-state index < -0.39 is 18.4 Å². The smallest absolute Gasteiger partial charge is 0.267 e. The molecule has 0 saturated heterocycles. The molecule has 18 heavy (non-hydrogen) atoms. The standard InChI is InChI=1S/C11H10Cl2N2O3/c12-8-3-1-2-7(11(8)13)4-5-10(17)15-18-6-9(14)16/h1-5H,6H2,(H2,14,16)(H,15,17)/b5-4+. The van der Waals surface area contributed by atoms with Crippen LogP contribution in [-0.4, -0.2) is 18.4 Å². The van der Waals surface area contributed by atoms with Crippen LogP contribution in [-0.2, 0) is 14.4 Å². The molecule has 0 aliphatic rings. The lowest BCUT2D eigenvalue weighted by atomic mass is 10.2. The van der Waals surface area contributed by atoms with Crippen LogP contribution >= 0.6 is 23.2 Å². The molecule has 0 fully saturated rings. The number of rotatable bonds is 5. The largest absolute Gasteiger partial charge is 0.368 e. The highest BCUT2D eigenvalue weighted by Gasteiger charge is 2.02. The van der Waals surface area contributed by atoms with Gasteiger partial charge in [-0.1, -0.05) is 35.3 Å². The number of carbonyl (C=O) groups excluding carboxylic acids is 2. The van der Waals surface area contributed by atoms with Crippen LogP contribution in [0.5, 0.6) is 0 Å². The van der Waals surface area contributed by atoms with Gasteiger partial charge in [-0.3, -0.25) is 14.4 Å². The van der Waals surface area contributed by atoms with Crippen molar-refractivity contribution in [2.24, 2.45) is 5.73 Å². The number of primary amides is 1. The van der Waals surface area contributed by atoms with Crippen molar-refractivity contribution in [2.45, 2.75) is 0 Å². The van der Waals surface area contributed by atoms with Crippen molar-refractivity contribution in [3.8, 4) is 0 Å². The molecule has 0 saturated carbocycles. The Morgan fingerprint density at radius 3 is 2.78 bits per heavy atom. The Morgan fingerprint density at radius 2 is 2.11 bits per heavy atom. The number of halogens is 2. The van der Waals surface area contributed by atoms with Crippen LogP contribution < -0.4 is 11.2 Å². The van der Waals surface area contributed by atoms with Gasteiger partial charge in [-0.15, -0.1) is 0 Å². The first-order chi connectivity index (χ1) is 8.50. The molecule has 5 nitrogen and oxygen atoms in total. The maximum absolute atomic E-state index is 11.2. The fourth-order valence-electron chi connectivity index (χ4n) is 1.03. The maximum atomic E-state index is 11.2. The molecular weight excluding hydrogens is 279 g/mol. The summed E-state index contributed by atoms with van der Waals surface area (Å²) >= 11 is 11.7. The highest BCUT2D eigenvalue weighted by molar-refractivity contribution is 6.42. The van der Waals surface area contributed by atoms with Gasteiger partial charge in [0.1, 0.15) is 0 Å². The molecule has 1 aromatic carbocycles. The fourth-order valence-corrected chi connectivity index (χ4v) is 1.40. The molecule has 2 amide bonds. The Hall–Kier alpha value is -1.56. The van der Waals surface area contributed by atoms with Crippen LogP contribution in [0, 0.1) is 0 Å². The van der Waals surface area contributed by atoms with Crippen molar-refractivity contribution in [3.05, 3.63) is 39.9 Å². The molecule has 0 heterocycles. The van der Waals surface area contributed by atoms with Gasteiger partial charge in [0.15, 0.2) is 6.61 Å². The number of carbonyl (C=O) groups is 2. The van der Waals surface area contributed by atoms with Crippen LogP contribution in [0.1, 0.15) is 5.56 Å². The Balaban J connectivity index is 2.56. The lowest BCUT2D eigenvalue weighted by Crippen LogP contribution is -2.28. The zero-order valence-electron chi connectivity index (χ0n) is 9.15. The van der Waals surface area contributed by atoms with Crippen molar-refractivity contribution in [2.75, 3.05) is 6.61 Å². The van der Waals surface area contributed by atoms with Crippen LogP contribution in [0.25, 0.3) is 6.08 Å². The average molecular weight is 289 g/mol. The highest BCUT2D eigenvalue weighted by atomic mass is 35.5. The quantitative estimate of drug-likeness (QED) is 0.637. The number of benzene rings is 1. The monoisotopic (exact) mass is 288 g/mol. The second-order valence-electron chi connectivity index (χ2n) is 3.20. The molecular formula is C11H10Cl2N2O3. The molecule has 1 aromatic rings. The second kappa shape index (κ2) is 7.00. The summed E-state index contributed by atoms with van der Waals surface area (Å²) < 4.78 is 0. The van der Waals surface area contributed by atoms with Crippen LogP contribution in [0.2, 0.25) is 10.0 Å². The third kappa shape index (κ3) is 4.75. The molecule has 0 atom stereocenters. The molecule has 0 aromatic heterocycles. The highest BCUT2D eigenvalue weighted by Crippen LogP contribution is 2.26. The molecule has 1 rings (SSSR count). The van der Waals surface area contributed by atoms with Gasteiger partial charge in [0, 0.05) is 6.08 Å². The number of nitrogens with two attached hydrogens (primary N) is 1. The van der Waals surface area contributed by atoms with E-state index in [4.69, 9.17) is 28.9 Å². The first-order valence-electron chi connectivity index (χ1n) is 4.83. The topological polar surface area (TPSA) is 81.4 Å². The van der Waals surface area contributed by atoms with Gasteiger partial charge in [0.2, 0.25) is 5.91 Å². The van der Waals surface area contributed by atoms with Crippen molar-refractivity contribution >= 4 is 41.1 Å². The van der Waals surface area contributed by atoms with Crippen LogP contribution in [0.3, 0.4) is 0 Å². The number of hydrogen-bond donors (Lipinski definition) is 2. The van der Waals surface area contributed by atoms with Gasteiger partial charge in [-0.05, 0) is 17.7 Å². The van der Waals surface area contributed by atoms with Gasteiger partial charge >= 0.3 is 0 Å².